The van der Waals surface area contributed by atoms with Gasteiger partial charge in [0.15, 0.2) is 0 Å². The first-order valence-electron chi connectivity index (χ1n) is 8.33. The lowest BCUT2D eigenvalue weighted by Crippen LogP contribution is -2.41. The molecule has 0 aliphatic heterocycles. The van der Waals surface area contributed by atoms with E-state index >= 15 is 0 Å². The minimum Gasteiger partial charge on any atom is -0.477 e. The average Bonchev–Trinajstić information content (AvgIpc) is 2.61. The summed E-state index contributed by atoms with van der Waals surface area (Å²) < 4.78 is 1.08. The van der Waals surface area contributed by atoms with E-state index in [1.807, 2.05) is 49.1 Å². The van der Waals surface area contributed by atoms with Gasteiger partial charge in [-0.1, -0.05) is 44.2 Å². The first kappa shape index (κ1) is 18.7. The molecule has 2 N–H and O–H groups in total. The lowest BCUT2D eigenvalue weighted by molar-refractivity contribution is 0.0686. The van der Waals surface area contributed by atoms with E-state index < -0.39 is 17.2 Å². The quantitative estimate of drug-likeness (QED) is 0.752. The predicted octanol–water partition coefficient (Wildman–Crippen LogP) is 1.32. The van der Waals surface area contributed by atoms with Gasteiger partial charge in [-0.2, -0.15) is 0 Å². The number of carboxylic acids is 1. The van der Waals surface area contributed by atoms with Crippen LogP contribution in [0, 0.1) is 0 Å². The third-order valence-electron chi connectivity index (χ3n) is 4.24. The molecular formula is C18H23N3O4. The minimum atomic E-state index is -1.30. The molecule has 2 rings (SSSR count). The van der Waals surface area contributed by atoms with Crippen LogP contribution in [-0.2, 0) is 19.5 Å². The highest BCUT2D eigenvalue weighted by molar-refractivity contribution is 5.86. The zero-order valence-corrected chi connectivity index (χ0v) is 14.5. The van der Waals surface area contributed by atoms with Gasteiger partial charge >= 0.3 is 11.7 Å². The van der Waals surface area contributed by atoms with Crippen molar-refractivity contribution in [3.05, 3.63) is 68.0 Å². The van der Waals surface area contributed by atoms with E-state index in [2.05, 4.69) is 4.98 Å². The zero-order chi connectivity index (χ0) is 18.4. The number of H-pyrrole nitrogens is 1. The maximum Gasteiger partial charge on any atom is 0.352 e. The summed E-state index contributed by atoms with van der Waals surface area (Å²) in [6, 6.07) is 9.51. The number of benzene rings is 1. The normalized spacial score (nSPS) is 11.0. The van der Waals surface area contributed by atoms with Crippen molar-refractivity contribution in [2.24, 2.45) is 0 Å². The molecule has 1 aromatic heterocycles. The van der Waals surface area contributed by atoms with Crippen LogP contribution >= 0.6 is 0 Å². The number of hydrogen-bond acceptors (Lipinski definition) is 4. The average molecular weight is 345 g/mol. The van der Waals surface area contributed by atoms with Gasteiger partial charge in [-0.25, -0.2) is 9.59 Å². The third-order valence-corrected chi connectivity index (χ3v) is 4.24. The molecule has 0 saturated carbocycles. The molecular weight excluding hydrogens is 322 g/mol. The van der Waals surface area contributed by atoms with Gasteiger partial charge in [-0.3, -0.25) is 14.3 Å². The maximum atomic E-state index is 12.8. The summed E-state index contributed by atoms with van der Waals surface area (Å²) in [4.78, 5) is 40.7. The van der Waals surface area contributed by atoms with Gasteiger partial charge in [0.25, 0.3) is 5.56 Å². The van der Waals surface area contributed by atoms with Crippen molar-refractivity contribution in [2.45, 2.75) is 33.4 Å². The van der Waals surface area contributed by atoms with Crippen LogP contribution in [-0.4, -0.2) is 38.6 Å². The third kappa shape index (κ3) is 4.45. The predicted molar refractivity (Wildman–Crippen MR) is 95.1 cm³/mol. The van der Waals surface area contributed by atoms with Crippen LogP contribution in [0.1, 0.15) is 35.5 Å². The lowest BCUT2D eigenvalue weighted by Gasteiger charge is -2.19. The SMILES string of the molecule is CCN(CC)Cc1c(C(=O)O)[nH]c(=O)n(CCc2ccccc2)c1=O. The molecule has 7 nitrogen and oxygen atoms in total. The van der Waals surface area contributed by atoms with Gasteiger partial charge < -0.3 is 10.1 Å². The fourth-order valence-corrected chi connectivity index (χ4v) is 2.70. The molecule has 0 bridgehead atoms. The van der Waals surface area contributed by atoms with Crippen LogP contribution in [0.3, 0.4) is 0 Å². The van der Waals surface area contributed by atoms with Gasteiger partial charge in [0.05, 0.1) is 5.56 Å². The number of rotatable bonds is 8. The molecule has 0 atom stereocenters. The smallest absolute Gasteiger partial charge is 0.352 e. The molecule has 0 saturated heterocycles. The van der Waals surface area contributed by atoms with E-state index in [0.29, 0.717) is 19.5 Å². The monoisotopic (exact) mass is 345 g/mol. The number of carbonyl (C=O) groups is 1. The van der Waals surface area contributed by atoms with E-state index in [1.54, 1.807) is 0 Å². The van der Waals surface area contributed by atoms with Gasteiger partial charge in [-0.05, 0) is 25.1 Å². The molecule has 134 valence electrons. The number of hydrogen-bond donors (Lipinski definition) is 2. The molecule has 25 heavy (non-hydrogen) atoms. The molecule has 0 unspecified atom stereocenters. The van der Waals surface area contributed by atoms with Gasteiger partial charge in [0.1, 0.15) is 5.69 Å². The summed E-state index contributed by atoms with van der Waals surface area (Å²) in [7, 11) is 0. The zero-order valence-electron chi connectivity index (χ0n) is 14.5. The Hall–Kier alpha value is -2.67. The fraction of sp³-hybridized carbons (Fsp3) is 0.389. The van der Waals surface area contributed by atoms with E-state index in [0.717, 1.165) is 10.1 Å². The number of nitrogens with zero attached hydrogens (tertiary/aromatic N) is 2. The van der Waals surface area contributed by atoms with Crippen LogP contribution in [0.25, 0.3) is 0 Å². The van der Waals surface area contributed by atoms with Crippen LogP contribution in [0.4, 0.5) is 0 Å². The Bertz CT molecular complexity index is 836. The largest absolute Gasteiger partial charge is 0.477 e. The van der Waals surface area contributed by atoms with E-state index in [1.165, 1.54) is 0 Å². The summed E-state index contributed by atoms with van der Waals surface area (Å²) >= 11 is 0. The molecule has 1 heterocycles. The summed E-state index contributed by atoms with van der Waals surface area (Å²) in [5.41, 5.74) is -0.436. The van der Waals surface area contributed by atoms with Crippen LogP contribution in [0.5, 0.6) is 0 Å². The summed E-state index contributed by atoms with van der Waals surface area (Å²) in [6.45, 7) is 5.61. The molecule has 7 heteroatoms. The second-order valence-electron chi connectivity index (χ2n) is 5.74. The lowest BCUT2D eigenvalue weighted by atomic mass is 10.1. The van der Waals surface area contributed by atoms with Gasteiger partial charge in [0, 0.05) is 13.1 Å². The van der Waals surface area contributed by atoms with Crippen LogP contribution in [0.15, 0.2) is 39.9 Å². The molecule has 0 aliphatic carbocycles. The van der Waals surface area contributed by atoms with Crippen molar-refractivity contribution in [1.29, 1.82) is 0 Å². The number of aromatic amines is 1. The highest BCUT2D eigenvalue weighted by atomic mass is 16.4. The molecule has 0 fully saturated rings. The van der Waals surface area contributed by atoms with Gasteiger partial charge in [-0.15, -0.1) is 0 Å². The summed E-state index contributed by atoms with van der Waals surface area (Å²) in [5.74, 6) is -1.30. The highest BCUT2D eigenvalue weighted by Crippen LogP contribution is 2.05. The second kappa shape index (κ2) is 8.43. The first-order chi connectivity index (χ1) is 12.0. The maximum absolute atomic E-state index is 12.8. The topological polar surface area (TPSA) is 95.4 Å². The Balaban J connectivity index is 2.41. The molecule has 0 aliphatic rings. The van der Waals surface area contributed by atoms with Crippen molar-refractivity contribution in [3.8, 4) is 0 Å². The molecule has 0 radical (unpaired) electrons. The van der Waals surface area contributed by atoms with Crippen LogP contribution < -0.4 is 11.2 Å². The van der Waals surface area contributed by atoms with Crippen molar-refractivity contribution in [2.75, 3.05) is 13.1 Å². The Labute approximate surface area is 145 Å². The van der Waals surface area contributed by atoms with Crippen molar-refractivity contribution >= 4 is 5.97 Å². The highest BCUT2D eigenvalue weighted by Gasteiger charge is 2.20. The number of carboxylic acid groups (broad SMARTS) is 1. The van der Waals surface area contributed by atoms with E-state index in [4.69, 9.17) is 0 Å². The van der Waals surface area contributed by atoms with E-state index in [9.17, 15) is 19.5 Å². The Morgan fingerprint density at radius 1 is 1.16 bits per heavy atom. The standard InChI is InChI=1S/C18H23N3O4/c1-3-20(4-2)12-14-15(17(23)24)19-18(25)21(16(14)22)11-10-13-8-6-5-7-9-13/h5-9H,3-4,10-12H2,1-2H3,(H,19,25)(H,23,24). The molecule has 0 spiro atoms. The van der Waals surface area contributed by atoms with Crippen LogP contribution in [0.2, 0.25) is 0 Å². The number of aromatic carboxylic acids is 1. The molecule has 2 aromatic rings. The number of aromatic nitrogens is 2. The Morgan fingerprint density at radius 3 is 2.36 bits per heavy atom. The van der Waals surface area contributed by atoms with E-state index in [-0.39, 0.29) is 24.3 Å². The first-order valence-corrected chi connectivity index (χ1v) is 8.33. The second-order valence-corrected chi connectivity index (χ2v) is 5.74. The van der Waals surface area contributed by atoms with Crippen molar-refractivity contribution in [1.82, 2.24) is 14.5 Å². The van der Waals surface area contributed by atoms with Crippen molar-refractivity contribution in [3.63, 3.8) is 0 Å². The summed E-state index contributed by atoms with van der Waals surface area (Å²) in [5, 5.41) is 9.33. The minimum absolute atomic E-state index is 0.115. The summed E-state index contributed by atoms with van der Waals surface area (Å²) in [6.07, 6.45) is 0.515. The fourth-order valence-electron chi connectivity index (χ4n) is 2.70. The number of nitrogens with one attached hydrogen (secondary N) is 1. The van der Waals surface area contributed by atoms with Crippen molar-refractivity contribution < 1.29 is 9.90 Å². The Kier molecular flexibility index (Phi) is 6.30. The number of aryl methyl sites for hydroxylation is 1. The van der Waals surface area contributed by atoms with Gasteiger partial charge in [0.2, 0.25) is 0 Å². The molecule has 0 amide bonds. The molecule has 1 aromatic carbocycles. The Morgan fingerprint density at radius 2 is 1.80 bits per heavy atom.